The minimum atomic E-state index is -0.0955. The van der Waals surface area contributed by atoms with Crippen LogP contribution in [-0.4, -0.2) is 26.8 Å². The van der Waals surface area contributed by atoms with E-state index >= 15 is 0 Å². The maximum atomic E-state index is 4.88. The van der Waals surface area contributed by atoms with Crippen LogP contribution >= 0.6 is 0 Å². The van der Waals surface area contributed by atoms with Crippen LogP contribution in [0.1, 0.15) is 51.6 Å². The summed E-state index contributed by atoms with van der Waals surface area (Å²) in [6, 6.07) is 4.03. The van der Waals surface area contributed by atoms with Gasteiger partial charge in [0.15, 0.2) is 0 Å². The first-order chi connectivity index (χ1) is 11.0. The Morgan fingerprint density at radius 1 is 1.30 bits per heavy atom. The lowest BCUT2D eigenvalue weighted by Crippen LogP contribution is -2.25. The number of hydrogen-bond acceptors (Lipinski definition) is 5. The van der Waals surface area contributed by atoms with E-state index in [1.54, 1.807) is 6.20 Å². The van der Waals surface area contributed by atoms with Crippen LogP contribution in [0.2, 0.25) is 0 Å². The third-order valence-corrected chi connectivity index (χ3v) is 4.09. The number of nitrogens with zero attached hydrogens (tertiary/aromatic N) is 4. The van der Waals surface area contributed by atoms with Gasteiger partial charge in [0.25, 0.3) is 0 Å². The number of nitrogens with one attached hydrogen (secondary N) is 2. The Labute approximate surface area is 137 Å². The molecule has 1 aliphatic rings. The van der Waals surface area contributed by atoms with Crippen molar-refractivity contribution in [2.75, 3.05) is 17.7 Å². The van der Waals surface area contributed by atoms with E-state index in [-0.39, 0.29) is 5.54 Å². The highest BCUT2D eigenvalue weighted by atomic mass is 15.4. The van der Waals surface area contributed by atoms with Crippen LogP contribution in [0.15, 0.2) is 18.3 Å². The molecule has 0 aromatic carbocycles. The van der Waals surface area contributed by atoms with E-state index in [9.17, 15) is 0 Å². The topological polar surface area (TPSA) is 67.7 Å². The number of anilines is 3. The van der Waals surface area contributed by atoms with Crippen LogP contribution < -0.4 is 10.6 Å². The highest BCUT2D eigenvalue weighted by molar-refractivity contribution is 5.54. The van der Waals surface area contributed by atoms with Crippen molar-refractivity contribution in [3.05, 3.63) is 30.4 Å². The molecule has 2 aromatic rings. The van der Waals surface area contributed by atoms with Crippen molar-refractivity contribution in [3.8, 4) is 0 Å². The van der Waals surface area contributed by atoms with E-state index in [0.29, 0.717) is 11.9 Å². The van der Waals surface area contributed by atoms with Gasteiger partial charge in [-0.2, -0.15) is 10.1 Å². The molecule has 1 saturated carbocycles. The summed E-state index contributed by atoms with van der Waals surface area (Å²) in [7, 11) is 1.81. The minimum Gasteiger partial charge on any atom is -0.357 e. The summed E-state index contributed by atoms with van der Waals surface area (Å²) in [5.41, 5.74) is 1.07. The van der Waals surface area contributed by atoms with Crippen LogP contribution in [0.3, 0.4) is 0 Å². The Morgan fingerprint density at radius 3 is 2.78 bits per heavy atom. The predicted octanol–water partition coefficient (Wildman–Crippen LogP) is 3.69. The van der Waals surface area contributed by atoms with Crippen molar-refractivity contribution in [1.29, 1.82) is 0 Å². The SMILES string of the molecule is CNc1nccc(Nc2cc([C@H]3C[CH]CC3)nn2C(C)(C)C)n1. The molecule has 0 aliphatic heterocycles. The van der Waals surface area contributed by atoms with Gasteiger partial charge in [-0.3, -0.25) is 0 Å². The molecule has 3 rings (SSSR count). The van der Waals surface area contributed by atoms with E-state index in [2.05, 4.69) is 58.5 Å². The van der Waals surface area contributed by atoms with E-state index in [0.717, 1.165) is 18.1 Å². The molecule has 0 amide bonds. The first-order valence-electron chi connectivity index (χ1n) is 8.17. The Morgan fingerprint density at radius 2 is 2.13 bits per heavy atom. The van der Waals surface area contributed by atoms with Gasteiger partial charge in [-0.05, 0) is 52.5 Å². The molecule has 123 valence electrons. The molecular formula is C17H25N6. The van der Waals surface area contributed by atoms with Crippen molar-refractivity contribution in [3.63, 3.8) is 0 Å². The van der Waals surface area contributed by atoms with Crippen molar-refractivity contribution in [2.45, 2.75) is 51.5 Å². The summed E-state index contributed by atoms with van der Waals surface area (Å²) < 4.78 is 2.06. The molecule has 1 fully saturated rings. The van der Waals surface area contributed by atoms with Gasteiger partial charge >= 0.3 is 0 Å². The maximum absolute atomic E-state index is 4.88. The molecule has 2 N–H and O–H groups in total. The summed E-state index contributed by atoms with van der Waals surface area (Å²) in [5.74, 6) is 2.87. The largest absolute Gasteiger partial charge is 0.357 e. The molecular weight excluding hydrogens is 288 g/mol. The lowest BCUT2D eigenvalue weighted by Gasteiger charge is -2.22. The van der Waals surface area contributed by atoms with Gasteiger partial charge in [-0.25, -0.2) is 9.67 Å². The monoisotopic (exact) mass is 313 g/mol. The number of aromatic nitrogens is 4. The lowest BCUT2D eigenvalue weighted by atomic mass is 10.0. The van der Waals surface area contributed by atoms with Gasteiger partial charge in [-0.1, -0.05) is 0 Å². The average molecular weight is 313 g/mol. The van der Waals surface area contributed by atoms with Crippen LogP contribution in [0.5, 0.6) is 0 Å². The zero-order chi connectivity index (χ0) is 16.4. The smallest absolute Gasteiger partial charge is 0.224 e. The zero-order valence-electron chi connectivity index (χ0n) is 14.3. The second-order valence-corrected chi connectivity index (χ2v) is 6.98. The van der Waals surface area contributed by atoms with Gasteiger partial charge in [0.05, 0.1) is 11.2 Å². The standard InChI is InChI=1S/C17H25N6/c1-17(2,3)23-15(11-13(22-23)12-7-5-6-8-12)20-14-9-10-19-16(18-4)21-14/h5,9-12H,6-8H2,1-4H3,(H2,18,19,20,21)/t12-/m0/s1. The van der Waals surface area contributed by atoms with Crippen molar-refractivity contribution >= 4 is 17.6 Å². The Bertz CT molecular complexity index is 664. The molecule has 2 aromatic heterocycles. The van der Waals surface area contributed by atoms with E-state index in [1.165, 1.54) is 18.5 Å². The average Bonchev–Trinajstić information content (AvgIpc) is 3.15. The predicted molar refractivity (Wildman–Crippen MR) is 93.0 cm³/mol. The summed E-state index contributed by atoms with van der Waals surface area (Å²) in [6.07, 6.45) is 7.60. The fraction of sp³-hybridized carbons (Fsp3) is 0.529. The van der Waals surface area contributed by atoms with Gasteiger partial charge in [0.2, 0.25) is 5.95 Å². The third-order valence-electron chi connectivity index (χ3n) is 4.09. The molecule has 0 bridgehead atoms. The van der Waals surface area contributed by atoms with Crippen molar-refractivity contribution < 1.29 is 0 Å². The first kappa shape index (κ1) is 15.8. The summed E-state index contributed by atoms with van der Waals surface area (Å²) >= 11 is 0. The number of hydrogen-bond donors (Lipinski definition) is 2. The quantitative estimate of drug-likeness (QED) is 0.901. The molecule has 1 radical (unpaired) electrons. The molecule has 0 unspecified atom stereocenters. The zero-order valence-corrected chi connectivity index (χ0v) is 14.3. The van der Waals surface area contributed by atoms with Crippen molar-refractivity contribution in [2.24, 2.45) is 0 Å². The molecule has 0 saturated heterocycles. The second-order valence-electron chi connectivity index (χ2n) is 6.98. The van der Waals surface area contributed by atoms with Gasteiger partial charge in [-0.15, -0.1) is 0 Å². The second kappa shape index (κ2) is 6.18. The van der Waals surface area contributed by atoms with Gasteiger partial charge in [0.1, 0.15) is 11.6 Å². The summed E-state index contributed by atoms with van der Waals surface area (Å²) in [4.78, 5) is 8.59. The molecule has 0 spiro atoms. The summed E-state index contributed by atoms with van der Waals surface area (Å²) in [5, 5.41) is 11.2. The van der Waals surface area contributed by atoms with E-state index < -0.39 is 0 Å². The van der Waals surface area contributed by atoms with Gasteiger partial charge in [0, 0.05) is 25.2 Å². The molecule has 23 heavy (non-hydrogen) atoms. The molecule has 6 nitrogen and oxygen atoms in total. The Balaban J connectivity index is 1.92. The fourth-order valence-corrected chi connectivity index (χ4v) is 2.90. The fourth-order valence-electron chi connectivity index (χ4n) is 2.90. The first-order valence-corrected chi connectivity index (χ1v) is 8.17. The Kier molecular flexibility index (Phi) is 4.24. The van der Waals surface area contributed by atoms with E-state index in [1.807, 2.05) is 13.1 Å². The third kappa shape index (κ3) is 3.46. The van der Waals surface area contributed by atoms with E-state index in [4.69, 9.17) is 5.10 Å². The van der Waals surface area contributed by atoms with Gasteiger partial charge < -0.3 is 10.6 Å². The maximum Gasteiger partial charge on any atom is 0.224 e. The molecule has 1 atom stereocenters. The van der Waals surface area contributed by atoms with Crippen LogP contribution in [0, 0.1) is 6.42 Å². The van der Waals surface area contributed by atoms with Crippen LogP contribution in [-0.2, 0) is 5.54 Å². The Hall–Kier alpha value is -2.11. The lowest BCUT2D eigenvalue weighted by molar-refractivity contribution is 0.357. The van der Waals surface area contributed by atoms with Crippen LogP contribution in [0.4, 0.5) is 17.6 Å². The van der Waals surface area contributed by atoms with Crippen LogP contribution in [0.25, 0.3) is 0 Å². The molecule has 6 heteroatoms. The highest BCUT2D eigenvalue weighted by Gasteiger charge is 2.25. The molecule has 1 aliphatic carbocycles. The highest BCUT2D eigenvalue weighted by Crippen LogP contribution is 2.35. The minimum absolute atomic E-state index is 0.0955. The summed E-state index contributed by atoms with van der Waals surface area (Å²) in [6.45, 7) is 6.48. The van der Waals surface area contributed by atoms with Crippen molar-refractivity contribution in [1.82, 2.24) is 19.7 Å². The normalized spacial score (nSPS) is 15.8. The number of rotatable bonds is 4. The molecule has 2 heterocycles.